The molecule has 0 saturated carbocycles. The summed E-state index contributed by atoms with van der Waals surface area (Å²) in [5, 5.41) is 7.12. The molecule has 32 heavy (non-hydrogen) atoms. The van der Waals surface area contributed by atoms with Gasteiger partial charge in [-0.3, -0.25) is 4.79 Å². The molecule has 4 rings (SSSR count). The SMILES string of the molecule is Cc1ccoc1C(=O)N1CCOCC2(CCN(c3ncccn3)C2)C1.O=C(O)C(F)(F)F. The Morgan fingerprint density at radius 1 is 1.19 bits per heavy atom. The van der Waals surface area contributed by atoms with Crippen LogP contribution in [0.4, 0.5) is 19.1 Å². The van der Waals surface area contributed by atoms with Gasteiger partial charge in [0.2, 0.25) is 5.95 Å². The molecule has 1 atom stereocenters. The van der Waals surface area contributed by atoms with Crippen molar-refractivity contribution in [1.29, 1.82) is 0 Å². The molecule has 9 nitrogen and oxygen atoms in total. The average molecular weight is 456 g/mol. The summed E-state index contributed by atoms with van der Waals surface area (Å²) in [5.41, 5.74) is 0.779. The number of amides is 1. The predicted molar refractivity (Wildman–Crippen MR) is 105 cm³/mol. The van der Waals surface area contributed by atoms with Crippen LogP contribution in [0.25, 0.3) is 0 Å². The first-order valence-corrected chi connectivity index (χ1v) is 9.84. The van der Waals surface area contributed by atoms with Gasteiger partial charge in [-0.25, -0.2) is 14.8 Å². The van der Waals surface area contributed by atoms with E-state index in [1.165, 1.54) is 0 Å². The van der Waals surface area contributed by atoms with Crippen LogP contribution in [0.15, 0.2) is 35.2 Å². The predicted octanol–water partition coefficient (Wildman–Crippen LogP) is 2.38. The molecule has 1 spiro atoms. The standard InChI is InChI=1S/C18H22N4O3.C2HF3O2/c1-14-3-9-25-15(14)16(23)21-8-10-24-13-18(11-21)4-7-22(12-18)17-19-5-2-6-20-17;3-2(4,5)1(6)7/h2-3,5-6,9H,4,7-8,10-13H2,1H3;(H,6,7). The first kappa shape index (κ1) is 23.5. The molecule has 2 aromatic rings. The summed E-state index contributed by atoms with van der Waals surface area (Å²) in [5.74, 6) is -1.64. The summed E-state index contributed by atoms with van der Waals surface area (Å²) >= 11 is 0. The fraction of sp³-hybridized carbons (Fsp3) is 0.500. The van der Waals surface area contributed by atoms with E-state index in [1.54, 1.807) is 18.7 Å². The van der Waals surface area contributed by atoms with E-state index in [2.05, 4.69) is 14.9 Å². The summed E-state index contributed by atoms with van der Waals surface area (Å²) in [7, 11) is 0. The normalized spacial score (nSPS) is 21.1. The van der Waals surface area contributed by atoms with E-state index < -0.39 is 12.1 Å². The Balaban J connectivity index is 0.000000360. The smallest absolute Gasteiger partial charge is 0.475 e. The zero-order valence-corrected chi connectivity index (χ0v) is 17.3. The first-order chi connectivity index (χ1) is 15.1. The Morgan fingerprint density at radius 3 is 2.47 bits per heavy atom. The Hall–Kier alpha value is -3.15. The number of halogens is 3. The molecule has 0 bridgehead atoms. The van der Waals surface area contributed by atoms with Gasteiger partial charge in [0, 0.05) is 49.6 Å². The van der Waals surface area contributed by atoms with Crippen molar-refractivity contribution < 1.29 is 37.0 Å². The molecule has 1 amide bonds. The summed E-state index contributed by atoms with van der Waals surface area (Å²) in [6.45, 7) is 6.00. The third-order valence-electron chi connectivity index (χ3n) is 5.30. The van der Waals surface area contributed by atoms with Crippen LogP contribution in [0.1, 0.15) is 22.5 Å². The van der Waals surface area contributed by atoms with Crippen molar-refractivity contribution in [1.82, 2.24) is 14.9 Å². The minimum Gasteiger partial charge on any atom is -0.475 e. The topological polar surface area (TPSA) is 109 Å². The Kier molecular flexibility index (Phi) is 7.02. The van der Waals surface area contributed by atoms with E-state index in [1.807, 2.05) is 24.0 Å². The van der Waals surface area contributed by atoms with Crippen LogP contribution < -0.4 is 4.90 Å². The van der Waals surface area contributed by atoms with Gasteiger partial charge in [0.1, 0.15) is 0 Å². The first-order valence-electron chi connectivity index (χ1n) is 9.84. The van der Waals surface area contributed by atoms with E-state index >= 15 is 0 Å². The number of alkyl halides is 3. The van der Waals surface area contributed by atoms with Gasteiger partial charge in [0.15, 0.2) is 5.76 Å². The number of ether oxygens (including phenoxy) is 1. The second kappa shape index (κ2) is 9.55. The molecule has 0 radical (unpaired) electrons. The van der Waals surface area contributed by atoms with Crippen molar-refractivity contribution in [2.75, 3.05) is 44.3 Å². The van der Waals surface area contributed by atoms with Crippen LogP contribution in [0, 0.1) is 12.3 Å². The number of carboxylic acids is 1. The van der Waals surface area contributed by atoms with Crippen LogP contribution in [0.3, 0.4) is 0 Å². The summed E-state index contributed by atoms with van der Waals surface area (Å²) in [6, 6.07) is 3.64. The number of hydrogen-bond acceptors (Lipinski definition) is 7. The van der Waals surface area contributed by atoms with Gasteiger partial charge < -0.3 is 24.1 Å². The number of rotatable bonds is 2. The number of aromatic nitrogens is 2. The van der Waals surface area contributed by atoms with Crippen molar-refractivity contribution in [3.8, 4) is 0 Å². The third kappa shape index (κ3) is 5.55. The zero-order chi connectivity index (χ0) is 23.4. The summed E-state index contributed by atoms with van der Waals surface area (Å²) in [4.78, 5) is 34.5. The monoisotopic (exact) mass is 456 g/mol. The molecule has 1 N–H and O–H groups in total. The molecule has 2 saturated heterocycles. The third-order valence-corrected chi connectivity index (χ3v) is 5.30. The number of aryl methyl sites for hydroxylation is 1. The van der Waals surface area contributed by atoms with Crippen LogP contribution in [0.2, 0.25) is 0 Å². The minimum absolute atomic E-state index is 0.0539. The summed E-state index contributed by atoms with van der Waals surface area (Å²) < 4.78 is 43.0. The van der Waals surface area contributed by atoms with Gasteiger partial charge in [-0.15, -0.1) is 0 Å². The lowest BCUT2D eigenvalue weighted by molar-refractivity contribution is -0.192. The number of aliphatic carboxylic acids is 1. The lowest BCUT2D eigenvalue weighted by Crippen LogP contribution is -2.43. The van der Waals surface area contributed by atoms with E-state index in [4.69, 9.17) is 19.1 Å². The molecule has 12 heteroatoms. The Bertz CT molecular complexity index is 937. The second-order valence-electron chi connectivity index (χ2n) is 7.74. The fourth-order valence-electron chi connectivity index (χ4n) is 3.71. The summed E-state index contributed by atoms with van der Waals surface area (Å²) in [6.07, 6.45) is 0.946. The van der Waals surface area contributed by atoms with Crippen LogP contribution in [0.5, 0.6) is 0 Å². The lowest BCUT2D eigenvalue weighted by atomic mass is 9.87. The second-order valence-corrected chi connectivity index (χ2v) is 7.74. The number of carboxylic acid groups (broad SMARTS) is 1. The van der Waals surface area contributed by atoms with E-state index in [0.717, 1.165) is 31.0 Å². The van der Waals surface area contributed by atoms with Gasteiger partial charge in [0.25, 0.3) is 5.91 Å². The molecule has 2 aliphatic rings. The van der Waals surface area contributed by atoms with Crippen LogP contribution in [-0.2, 0) is 9.53 Å². The van der Waals surface area contributed by atoms with Crippen LogP contribution in [-0.4, -0.2) is 77.4 Å². The van der Waals surface area contributed by atoms with Gasteiger partial charge in [0.05, 0.1) is 19.5 Å². The molecule has 2 aromatic heterocycles. The van der Waals surface area contributed by atoms with Crippen molar-refractivity contribution >= 4 is 17.8 Å². The van der Waals surface area contributed by atoms with E-state index in [9.17, 15) is 18.0 Å². The van der Waals surface area contributed by atoms with Crippen molar-refractivity contribution in [2.45, 2.75) is 19.5 Å². The molecular formula is C20H23F3N4O5. The van der Waals surface area contributed by atoms with Crippen molar-refractivity contribution in [3.05, 3.63) is 42.1 Å². The van der Waals surface area contributed by atoms with Crippen molar-refractivity contribution in [2.24, 2.45) is 5.41 Å². The van der Waals surface area contributed by atoms with Gasteiger partial charge in [-0.1, -0.05) is 0 Å². The highest BCUT2D eigenvalue weighted by Crippen LogP contribution is 2.35. The van der Waals surface area contributed by atoms with Gasteiger partial charge >= 0.3 is 12.1 Å². The number of hydrogen-bond donors (Lipinski definition) is 1. The van der Waals surface area contributed by atoms with Crippen LogP contribution >= 0.6 is 0 Å². The number of carbonyl (C=O) groups excluding carboxylic acids is 1. The highest BCUT2D eigenvalue weighted by atomic mass is 19.4. The number of anilines is 1. The lowest BCUT2D eigenvalue weighted by Gasteiger charge is -2.31. The Morgan fingerprint density at radius 2 is 1.88 bits per heavy atom. The highest BCUT2D eigenvalue weighted by Gasteiger charge is 2.43. The number of carbonyl (C=O) groups is 2. The molecule has 0 aliphatic carbocycles. The molecule has 2 aliphatic heterocycles. The molecule has 0 aromatic carbocycles. The quantitative estimate of drug-likeness (QED) is 0.734. The highest BCUT2D eigenvalue weighted by molar-refractivity contribution is 5.92. The van der Waals surface area contributed by atoms with E-state index in [-0.39, 0.29) is 11.3 Å². The van der Waals surface area contributed by atoms with Gasteiger partial charge in [-0.2, -0.15) is 13.2 Å². The molecule has 4 heterocycles. The molecular weight excluding hydrogens is 433 g/mol. The van der Waals surface area contributed by atoms with Gasteiger partial charge in [-0.05, 0) is 25.5 Å². The number of nitrogens with zero attached hydrogens (tertiary/aromatic N) is 4. The minimum atomic E-state index is -5.08. The fourth-order valence-corrected chi connectivity index (χ4v) is 3.71. The van der Waals surface area contributed by atoms with Crippen molar-refractivity contribution in [3.63, 3.8) is 0 Å². The largest absolute Gasteiger partial charge is 0.490 e. The maximum atomic E-state index is 12.9. The Labute approximate surface area is 181 Å². The molecule has 174 valence electrons. The zero-order valence-electron chi connectivity index (χ0n) is 17.3. The molecule has 1 unspecified atom stereocenters. The maximum Gasteiger partial charge on any atom is 0.490 e. The van der Waals surface area contributed by atoms with E-state index in [0.29, 0.717) is 32.1 Å². The maximum absolute atomic E-state index is 12.9. The number of furan rings is 1. The average Bonchev–Trinajstić information content (AvgIpc) is 3.30. The molecule has 2 fully saturated rings.